The van der Waals surface area contributed by atoms with Crippen molar-refractivity contribution in [2.75, 3.05) is 7.11 Å². The summed E-state index contributed by atoms with van der Waals surface area (Å²) >= 11 is 6.11. The van der Waals surface area contributed by atoms with Crippen molar-refractivity contribution in [1.82, 2.24) is 14.5 Å². The molecule has 0 saturated heterocycles. The molecule has 0 unspecified atom stereocenters. The second kappa shape index (κ2) is 5.54. The third-order valence-electron chi connectivity index (χ3n) is 3.16. The van der Waals surface area contributed by atoms with Gasteiger partial charge in [-0.1, -0.05) is 12.1 Å². The van der Waals surface area contributed by atoms with Gasteiger partial charge in [-0.2, -0.15) is 0 Å². The van der Waals surface area contributed by atoms with Crippen LogP contribution in [-0.4, -0.2) is 27.4 Å². The number of imidazole rings is 1. The predicted octanol–water partition coefficient (Wildman–Crippen LogP) is 2.98. The first-order valence-corrected chi connectivity index (χ1v) is 6.71. The quantitative estimate of drug-likeness (QED) is 0.695. The van der Waals surface area contributed by atoms with Gasteiger partial charge in [0.15, 0.2) is 0 Å². The van der Waals surface area contributed by atoms with E-state index in [1.807, 2.05) is 24.3 Å². The SMILES string of the molecule is COc1ccnc(C(=O)Cn2c(Cl)nc3ccccc32)c1. The predicted molar refractivity (Wildman–Crippen MR) is 79.9 cm³/mol. The summed E-state index contributed by atoms with van der Waals surface area (Å²) in [6.45, 7) is 0.0829. The van der Waals surface area contributed by atoms with E-state index in [-0.39, 0.29) is 17.6 Å². The van der Waals surface area contributed by atoms with Crippen molar-refractivity contribution in [3.8, 4) is 5.75 Å². The number of benzene rings is 1. The zero-order valence-electron chi connectivity index (χ0n) is 11.3. The number of fused-ring (bicyclic) bond motifs is 1. The molecule has 21 heavy (non-hydrogen) atoms. The lowest BCUT2D eigenvalue weighted by atomic mass is 10.2. The molecule has 5 nitrogen and oxygen atoms in total. The Morgan fingerprint density at radius 3 is 2.95 bits per heavy atom. The van der Waals surface area contributed by atoms with Crippen LogP contribution in [0.2, 0.25) is 5.28 Å². The lowest BCUT2D eigenvalue weighted by Crippen LogP contribution is -2.12. The number of methoxy groups -OCH3 is 1. The normalized spacial score (nSPS) is 10.8. The fourth-order valence-electron chi connectivity index (χ4n) is 2.11. The number of pyridine rings is 1. The highest BCUT2D eigenvalue weighted by Gasteiger charge is 2.14. The summed E-state index contributed by atoms with van der Waals surface area (Å²) in [5.74, 6) is 0.439. The van der Waals surface area contributed by atoms with E-state index in [9.17, 15) is 4.79 Å². The van der Waals surface area contributed by atoms with Gasteiger partial charge in [-0.25, -0.2) is 4.98 Å². The number of halogens is 1. The summed E-state index contributed by atoms with van der Waals surface area (Å²) in [4.78, 5) is 20.6. The van der Waals surface area contributed by atoms with E-state index in [2.05, 4.69) is 9.97 Å². The zero-order valence-corrected chi connectivity index (χ0v) is 12.0. The minimum atomic E-state index is -0.154. The van der Waals surface area contributed by atoms with Crippen LogP contribution in [0.1, 0.15) is 10.5 Å². The highest BCUT2D eigenvalue weighted by Crippen LogP contribution is 2.20. The average molecular weight is 302 g/mol. The summed E-state index contributed by atoms with van der Waals surface area (Å²) in [6.07, 6.45) is 1.54. The Morgan fingerprint density at radius 1 is 1.33 bits per heavy atom. The van der Waals surface area contributed by atoms with E-state index >= 15 is 0 Å². The van der Waals surface area contributed by atoms with Crippen molar-refractivity contribution in [3.63, 3.8) is 0 Å². The molecule has 0 saturated carbocycles. The molecular weight excluding hydrogens is 290 g/mol. The van der Waals surface area contributed by atoms with Gasteiger partial charge in [0.2, 0.25) is 11.1 Å². The molecule has 0 amide bonds. The van der Waals surface area contributed by atoms with Gasteiger partial charge in [0.1, 0.15) is 11.4 Å². The van der Waals surface area contributed by atoms with E-state index in [0.717, 1.165) is 11.0 Å². The molecule has 0 aliphatic heterocycles. The van der Waals surface area contributed by atoms with Gasteiger partial charge in [0.25, 0.3) is 0 Å². The van der Waals surface area contributed by atoms with Crippen LogP contribution in [-0.2, 0) is 6.54 Å². The molecular formula is C15H12ClN3O2. The average Bonchev–Trinajstić information content (AvgIpc) is 2.83. The van der Waals surface area contributed by atoms with E-state index in [1.54, 1.807) is 30.0 Å². The molecule has 0 bridgehead atoms. The Hall–Kier alpha value is -2.40. The van der Waals surface area contributed by atoms with Crippen LogP contribution in [0.25, 0.3) is 11.0 Å². The molecule has 3 rings (SSSR count). The molecule has 0 atom stereocenters. The smallest absolute Gasteiger partial charge is 0.204 e. The molecule has 2 heterocycles. The number of Topliss-reactive ketones (excluding diaryl/α,β-unsaturated/α-hetero) is 1. The molecule has 106 valence electrons. The molecule has 0 aliphatic carbocycles. The maximum Gasteiger partial charge on any atom is 0.204 e. The fraction of sp³-hybridized carbons (Fsp3) is 0.133. The number of ketones is 1. The number of rotatable bonds is 4. The monoisotopic (exact) mass is 301 g/mol. The van der Waals surface area contributed by atoms with E-state index in [0.29, 0.717) is 11.4 Å². The van der Waals surface area contributed by atoms with Crippen LogP contribution in [0.3, 0.4) is 0 Å². The Kier molecular flexibility index (Phi) is 3.58. The summed E-state index contributed by atoms with van der Waals surface area (Å²) < 4.78 is 6.76. The van der Waals surface area contributed by atoms with Gasteiger partial charge in [-0.15, -0.1) is 0 Å². The number of nitrogens with zero attached hydrogens (tertiary/aromatic N) is 3. The summed E-state index contributed by atoms with van der Waals surface area (Å²) in [5.41, 5.74) is 1.91. The molecule has 2 aromatic heterocycles. The largest absolute Gasteiger partial charge is 0.497 e. The van der Waals surface area contributed by atoms with Crippen LogP contribution < -0.4 is 4.74 Å². The lowest BCUT2D eigenvalue weighted by Gasteiger charge is -2.06. The molecule has 0 N–H and O–H groups in total. The fourth-order valence-corrected chi connectivity index (χ4v) is 2.35. The van der Waals surface area contributed by atoms with Crippen molar-refractivity contribution in [2.45, 2.75) is 6.54 Å². The second-order valence-corrected chi connectivity index (χ2v) is 4.80. The molecule has 0 spiro atoms. The van der Waals surface area contributed by atoms with Gasteiger partial charge in [-0.05, 0) is 29.8 Å². The molecule has 1 aromatic carbocycles. The minimum Gasteiger partial charge on any atom is -0.497 e. The Balaban J connectivity index is 1.94. The van der Waals surface area contributed by atoms with Gasteiger partial charge in [-0.3, -0.25) is 9.78 Å². The highest BCUT2D eigenvalue weighted by molar-refractivity contribution is 6.29. The third kappa shape index (κ3) is 2.60. The minimum absolute atomic E-state index is 0.0829. The topological polar surface area (TPSA) is 57.0 Å². The number of aromatic nitrogens is 3. The number of ether oxygens (including phenoxy) is 1. The number of carbonyl (C=O) groups is 1. The summed E-state index contributed by atoms with van der Waals surface area (Å²) in [6, 6.07) is 10.8. The third-order valence-corrected chi connectivity index (χ3v) is 3.45. The standard InChI is InChI=1S/C15H12ClN3O2/c1-21-10-6-7-17-12(8-10)14(20)9-19-13-5-3-2-4-11(13)18-15(19)16/h2-8H,9H2,1H3. The van der Waals surface area contributed by atoms with Gasteiger partial charge >= 0.3 is 0 Å². The lowest BCUT2D eigenvalue weighted by molar-refractivity contribution is 0.0968. The first-order chi connectivity index (χ1) is 10.2. The van der Waals surface area contributed by atoms with E-state index in [4.69, 9.17) is 16.3 Å². The van der Waals surface area contributed by atoms with Crippen LogP contribution in [0.15, 0.2) is 42.6 Å². The molecule has 3 aromatic rings. The Morgan fingerprint density at radius 2 is 2.14 bits per heavy atom. The number of hydrogen-bond acceptors (Lipinski definition) is 4. The number of para-hydroxylation sites is 2. The van der Waals surface area contributed by atoms with Crippen molar-refractivity contribution >= 4 is 28.4 Å². The Bertz CT molecular complexity index is 814. The van der Waals surface area contributed by atoms with Crippen LogP contribution in [0, 0.1) is 0 Å². The van der Waals surface area contributed by atoms with Crippen molar-refractivity contribution < 1.29 is 9.53 Å². The maximum absolute atomic E-state index is 12.4. The van der Waals surface area contributed by atoms with Gasteiger partial charge in [0.05, 0.1) is 24.7 Å². The summed E-state index contributed by atoms with van der Waals surface area (Å²) in [7, 11) is 1.55. The summed E-state index contributed by atoms with van der Waals surface area (Å²) in [5, 5.41) is 0.285. The number of carbonyl (C=O) groups excluding carboxylic acids is 1. The molecule has 0 fully saturated rings. The van der Waals surface area contributed by atoms with Crippen molar-refractivity contribution in [1.29, 1.82) is 0 Å². The van der Waals surface area contributed by atoms with E-state index in [1.165, 1.54) is 0 Å². The first kappa shape index (κ1) is 13.6. The molecule has 0 radical (unpaired) electrons. The van der Waals surface area contributed by atoms with Crippen LogP contribution in [0.4, 0.5) is 0 Å². The van der Waals surface area contributed by atoms with Crippen molar-refractivity contribution in [2.24, 2.45) is 0 Å². The maximum atomic E-state index is 12.4. The molecule has 6 heteroatoms. The van der Waals surface area contributed by atoms with Crippen LogP contribution >= 0.6 is 11.6 Å². The molecule has 0 aliphatic rings. The van der Waals surface area contributed by atoms with Gasteiger partial charge < -0.3 is 9.30 Å². The zero-order chi connectivity index (χ0) is 14.8. The van der Waals surface area contributed by atoms with Crippen molar-refractivity contribution in [3.05, 3.63) is 53.6 Å². The second-order valence-electron chi connectivity index (χ2n) is 4.46. The highest BCUT2D eigenvalue weighted by atomic mass is 35.5. The van der Waals surface area contributed by atoms with E-state index < -0.39 is 0 Å². The Labute approximate surface area is 126 Å². The first-order valence-electron chi connectivity index (χ1n) is 6.33. The van der Waals surface area contributed by atoms with Gasteiger partial charge in [0, 0.05) is 12.3 Å². The van der Waals surface area contributed by atoms with Crippen LogP contribution in [0.5, 0.6) is 5.75 Å². The number of hydrogen-bond donors (Lipinski definition) is 0.